The van der Waals surface area contributed by atoms with Gasteiger partial charge in [-0.2, -0.15) is 4.68 Å². The number of H-pyrrole nitrogens is 1. The van der Waals surface area contributed by atoms with Crippen LogP contribution in [-0.4, -0.2) is 46.4 Å². The van der Waals surface area contributed by atoms with Crippen molar-refractivity contribution in [3.63, 3.8) is 0 Å². The summed E-state index contributed by atoms with van der Waals surface area (Å²) in [6, 6.07) is 16.9. The van der Waals surface area contributed by atoms with E-state index in [1.165, 1.54) is 12.8 Å². The van der Waals surface area contributed by atoms with Crippen LogP contribution in [-0.2, 0) is 0 Å². The number of carbonyl (C=O) groups is 1. The van der Waals surface area contributed by atoms with Crippen LogP contribution < -0.4 is 5.32 Å². The molecule has 0 bridgehead atoms. The Morgan fingerprint density at radius 2 is 1.95 bits per heavy atom. The van der Waals surface area contributed by atoms with E-state index >= 15 is 0 Å². The second-order valence-electron chi connectivity index (χ2n) is 9.71. The summed E-state index contributed by atoms with van der Waals surface area (Å²) < 4.78 is 1.60. The Bertz CT molecular complexity index is 1610. The molecule has 11 heteroatoms. The first-order valence-corrected chi connectivity index (χ1v) is 13.0. The molecule has 1 saturated carbocycles. The van der Waals surface area contributed by atoms with Gasteiger partial charge in [0.25, 0.3) is 0 Å². The molecule has 196 valence electrons. The van der Waals surface area contributed by atoms with Gasteiger partial charge in [-0.15, -0.1) is 5.10 Å². The number of anilines is 1. The molecule has 10 nitrogen and oxygen atoms in total. The highest BCUT2D eigenvalue weighted by Crippen LogP contribution is 2.41. The van der Waals surface area contributed by atoms with Crippen molar-refractivity contribution in [1.82, 2.24) is 35.2 Å². The summed E-state index contributed by atoms with van der Waals surface area (Å²) in [5, 5.41) is 23.5. The number of halogens is 1. The van der Waals surface area contributed by atoms with E-state index in [0.717, 1.165) is 51.7 Å². The summed E-state index contributed by atoms with van der Waals surface area (Å²) in [6.07, 6.45) is 5.72. The third-order valence-electron chi connectivity index (χ3n) is 6.93. The van der Waals surface area contributed by atoms with Crippen LogP contribution >= 0.6 is 11.6 Å². The van der Waals surface area contributed by atoms with Crippen molar-refractivity contribution in [2.24, 2.45) is 5.92 Å². The second kappa shape index (κ2) is 10.3. The van der Waals surface area contributed by atoms with Crippen LogP contribution in [0.5, 0.6) is 0 Å². The fourth-order valence-corrected chi connectivity index (χ4v) is 4.99. The number of benzene rings is 2. The van der Waals surface area contributed by atoms with Gasteiger partial charge < -0.3 is 10.1 Å². The highest BCUT2D eigenvalue weighted by atomic mass is 35.5. The van der Waals surface area contributed by atoms with Gasteiger partial charge in [0.15, 0.2) is 0 Å². The standard InChI is InChI=1S/C28H25ClN8O2/c1-16-26(18-4-8-21(9-5-18)33-28(38)39)34-27(32-16)23(12-17-2-3-17)24-10-6-19(14-30-24)22-13-20(29)7-11-25(22)37-15-31-35-36-37/h4-11,13-15,17,23,33H,2-3,12H2,1H3,(H,32,34)(H,38,39). The van der Waals surface area contributed by atoms with Gasteiger partial charge in [0.05, 0.1) is 28.7 Å². The highest BCUT2D eigenvalue weighted by molar-refractivity contribution is 6.31. The summed E-state index contributed by atoms with van der Waals surface area (Å²) in [6.45, 7) is 1.98. The van der Waals surface area contributed by atoms with Crippen LogP contribution in [0.25, 0.3) is 28.1 Å². The number of imidazole rings is 1. The lowest BCUT2D eigenvalue weighted by molar-refractivity contribution is 0.209. The molecule has 0 saturated heterocycles. The maximum absolute atomic E-state index is 10.9. The molecule has 2 aromatic carbocycles. The zero-order valence-corrected chi connectivity index (χ0v) is 21.8. The fourth-order valence-electron chi connectivity index (χ4n) is 4.81. The van der Waals surface area contributed by atoms with Crippen LogP contribution in [0.1, 0.15) is 42.4 Å². The van der Waals surface area contributed by atoms with E-state index in [1.807, 2.05) is 49.5 Å². The fraction of sp³-hybridized carbons (Fsp3) is 0.214. The number of amides is 1. The Balaban J connectivity index is 1.31. The maximum atomic E-state index is 10.9. The number of aromatic amines is 1. The topological polar surface area (TPSA) is 134 Å². The number of aromatic nitrogens is 7. The van der Waals surface area contributed by atoms with Crippen LogP contribution in [0.4, 0.5) is 10.5 Å². The molecule has 0 spiro atoms. The first-order chi connectivity index (χ1) is 18.9. The summed E-state index contributed by atoms with van der Waals surface area (Å²) in [7, 11) is 0. The summed E-state index contributed by atoms with van der Waals surface area (Å²) in [5.41, 5.74) is 6.78. The molecule has 1 unspecified atom stereocenters. The highest BCUT2D eigenvalue weighted by Gasteiger charge is 2.30. The monoisotopic (exact) mass is 540 g/mol. The average molecular weight is 541 g/mol. The molecule has 0 radical (unpaired) electrons. The van der Waals surface area contributed by atoms with Crippen LogP contribution in [0, 0.1) is 12.8 Å². The van der Waals surface area contributed by atoms with E-state index < -0.39 is 6.09 Å². The molecule has 6 rings (SSSR count). The van der Waals surface area contributed by atoms with E-state index in [-0.39, 0.29) is 5.92 Å². The number of nitrogens with one attached hydrogen (secondary N) is 2. The molecule has 1 atom stereocenters. The Labute approximate surface area is 229 Å². The van der Waals surface area contributed by atoms with Gasteiger partial charge in [-0.1, -0.05) is 42.6 Å². The average Bonchev–Trinajstić information content (AvgIpc) is 3.42. The number of hydrogen-bond acceptors (Lipinski definition) is 6. The van der Waals surface area contributed by atoms with Crippen LogP contribution in [0.15, 0.2) is 67.1 Å². The van der Waals surface area contributed by atoms with Gasteiger partial charge in [0, 0.05) is 28.0 Å². The summed E-state index contributed by atoms with van der Waals surface area (Å²) >= 11 is 6.33. The first-order valence-electron chi connectivity index (χ1n) is 12.6. The van der Waals surface area contributed by atoms with E-state index in [9.17, 15) is 4.79 Å². The van der Waals surface area contributed by atoms with E-state index in [1.54, 1.807) is 23.1 Å². The largest absolute Gasteiger partial charge is 0.465 e. The minimum atomic E-state index is -1.09. The summed E-state index contributed by atoms with van der Waals surface area (Å²) in [4.78, 5) is 24.3. The predicted octanol–water partition coefficient (Wildman–Crippen LogP) is 6.10. The molecule has 1 amide bonds. The number of tetrazole rings is 1. The van der Waals surface area contributed by atoms with Gasteiger partial charge in [0.1, 0.15) is 12.2 Å². The van der Waals surface area contributed by atoms with E-state index in [2.05, 4.69) is 31.9 Å². The van der Waals surface area contributed by atoms with E-state index in [4.69, 9.17) is 26.7 Å². The summed E-state index contributed by atoms with van der Waals surface area (Å²) in [5.74, 6) is 1.55. The molecular formula is C28H25ClN8O2. The molecule has 1 aliphatic rings. The van der Waals surface area contributed by atoms with Gasteiger partial charge in [-0.3, -0.25) is 10.3 Å². The SMILES string of the molecule is Cc1nc(C(CC2CC2)c2ccc(-c3cc(Cl)ccc3-n3cnnn3)cn2)[nH]c1-c1ccc(NC(=O)O)cc1. The molecular weight excluding hydrogens is 516 g/mol. The second-order valence-corrected chi connectivity index (χ2v) is 10.1. The Kier molecular flexibility index (Phi) is 6.54. The molecule has 1 fully saturated rings. The first kappa shape index (κ1) is 24.7. The number of rotatable bonds is 8. The van der Waals surface area contributed by atoms with Crippen molar-refractivity contribution < 1.29 is 9.90 Å². The predicted molar refractivity (Wildman–Crippen MR) is 147 cm³/mol. The molecule has 3 heterocycles. The Morgan fingerprint density at radius 1 is 1.15 bits per heavy atom. The van der Waals surface area contributed by atoms with Crippen molar-refractivity contribution in [2.75, 3.05) is 5.32 Å². The van der Waals surface area contributed by atoms with Crippen molar-refractivity contribution >= 4 is 23.4 Å². The number of hydrogen-bond donors (Lipinski definition) is 3. The zero-order chi connectivity index (χ0) is 26.9. The normalized spacial score (nSPS) is 13.8. The molecule has 1 aliphatic carbocycles. The minimum absolute atomic E-state index is 0.0188. The van der Waals surface area contributed by atoms with Gasteiger partial charge in [-0.05, 0) is 71.7 Å². The number of aryl methyl sites for hydroxylation is 1. The molecule has 39 heavy (non-hydrogen) atoms. The number of pyridine rings is 1. The van der Waals surface area contributed by atoms with Gasteiger partial charge in [0.2, 0.25) is 0 Å². The smallest absolute Gasteiger partial charge is 0.409 e. The lowest BCUT2D eigenvalue weighted by Crippen LogP contribution is -2.07. The third kappa shape index (κ3) is 5.37. The molecule has 3 N–H and O–H groups in total. The minimum Gasteiger partial charge on any atom is -0.465 e. The lowest BCUT2D eigenvalue weighted by atomic mass is 9.95. The van der Waals surface area contributed by atoms with Crippen molar-refractivity contribution in [3.8, 4) is 28.1 Å². The van der Waals surface area contributed by atoms with Crippen LogP contribution in [0.3, 0.4) is 0 Å². The van der Waals surface area contributed by atoms with Gasteiger partial charge >= 0.3 is 6.09 Å². The van der Waals surface area contributed by atoms with Crippen molar-refractivity contribution in [3.05, 3.63) is 89.4 Å². The zero-order valence-electron chi connectivity index (χ0n) is 21.0. The van der Waals surface area contributed by atoms with Crippen LogP contribution in [0.2, 0.25) is 5.02 Å². The van der Waals surface area contributed by atoms with Gasteiger partial charge in [-0.25, -0.2) is 9.78 Å². The van der Waals surface area contributed by atoms with Crippen molar-refractivity contribution in [1.29, 1.82) is 0 Å². The molecule has 3 aromatic heterocycles. The third-order valence-corrected chi connectivity index (χ3v) is 7.17. The number of carboxylic acid groups (broad SMARTS) is 1. The molecule has 0 aliphatic heterocycles. The van der Waals surface area contributed by atoms with Crippen molar-refractivity contribution in [2.45, 2.75) is 32.1 Å². The lowest BCUT2D eigenvalue weighted by Gasteiger charge is -2.15. The molecule has 5 aromatic rings. The Morgan fingerprint density at radius 3 is 2.62 bits per heavy atom. The number of nitrogens with zero attached hydrogens (tertiary/aromatic N) is 6. The Hall–Kier alpha value is -4.57. The quantitative estimate of drug-likeness (QED) is 0.216. The maximum Gasteiger partial charge on any atom is 0.409 e. The van der Waals surface area contributed by atoms with E-state index in [0.29, 0.717) is 16.6 Å².